The van der Waals surface area contributed by atoms with E-state index in [1.165, 1.54) is 23.1 Å². The second kappa shape index (κ2) is 9.05. The molecule has 146 valence electrons. The van der Waals surface area contributed by atoms with Crippen molar-refractivity contribution >= 4 is 71.3 Å². The van der Waals surface area contributed by atoms with Gasteiger partial charge in [0.15, 0.2) is 4.34 Å². The number of halogens is 1. The molecule has 4 aromatic rings. The Labute approximate surface area is 182 Å². The Morgan fingerprint density at radius 1 is 1.17 bits per heavy atom. The Hall–Kier alpha value is -2.25. The molecule has 10 heteroatoms. The highest BCUT2D eigenvalue weighted by Gasteiger charge is 2.11. The highest BCUT2D eigenvalue weighted by atomic mass is 35.5. The lowest BCUT2D eigenvalue weighted by atomic mass is 10.2. The summed E-state index contributed by atoms with van der Waals surface area (Å²) in [5, 5.41) is 16.9. The average molecular weight is 460 g/mol. The maximum Gasteiger partial charge on any atom is 0.321 e. The number of hydrogen-bond acceptors (Lipinski definition) is 6. The Balaban J connectivity index is 1.39. The van der Waals surface area contributed by atoms with E-state index in [2.05, 4.69) is 35.1 Å². The number of rotatable bonds is 5. The summed E-state index contributed by atoms with van der Waals surface area (Å²) in [5.74, 6) is 0. The SMILES string of the molecule is O=C(NCc1cccc(P)c1)Nc1nnc(Sc2ccnc3cc(Cl)ccc23)s1. The molecular formula is C19H15ClN5OPS2. The molecule has 0 fully saturated rings. The molecule has 1 atom stereocenters. The molecule has 29 heavy (non-hydrogen) atoms. The number of fused-ring (bicyclic) bond motifs is 1. The largest absolute Gasteiger partial charge is 0.334 e. The van der Waals surface area contributed by atoms with Crippen LogP contribution in [0.25, 0.3) is 10.9 Å². The van der Waals surface area contributed by atoms with Crippen LogP contribution in [0.1, 0.15) is 5.56 Å². The summed E-state index contributed by atoms with van der Waals surface area (Å²) in [6.45, 7) is 0.431. The fourth-order valence-electron chi connectivity index (χ4n) is 2.61. The quantitative estimate of drug-likeness (QED) is 0.333. The van der Waals surface area contributed by atoms with Gasteiger partial charge in [0.05, 0.1) is 5.52 Å². The minimum atomic E-state index is -0.323. The molecule has 2 heterocycles. The number of hydrogen-bond donors (Lipinski definition) is 2. The number of nitrogens with zero attached hydrogens (tertiary/aromatic N) is 3. The van der Waals surface area contributed by atoms with E-state index in [0.717, 1.165) is 31.0 Å². The highest BCUT2D eigenvalue weighted by molar-refractivity contribution is 8.01. The van der Waals surface area contributed by atoms with E-state index in [9.17, 15) is 4.79 Å². The van der Waals surface area contributed by atoms with Crippen LogP contribution in [0.4, 0.5) is 9.93 Å². The van der Waals surface area contributed by atoms with Gasteiger partial charge in [-0.25, -0.2) is 4.79 Å². The zero-order valence-corrected chi connectivity index (χ0v) is 18.5. The molecule has 4 rings (SSSR count). The maximum absolute atomic E-state index is 12.1. The third-order valence-corrected chi connectivity index (χ3v) is 6.45. The molecule has 0 radical (unpaired) electrons. The van der Waals surface area contributed by atoms with Gasteiger partial charge in [-0.05, 0) is 29.1 Å². The van der Waals surface area contributed by atoms with E-state index >= 15 is 0 Å². The molecule has 0 aliphatic carbocycles. The number of urea groups is 1. The molecule has 6 nitrogen and oxygen atoms in total. The van der Waals surface area contributed by atoms with Crippen molar-refractivity contribution in [2.45, 2.75) is 15.8 Å². The van der Waals surface area contributed by atoms with Crippen LogP contribution in [0, 0.1) is 0 Å². The number of anilines is 1. The first-order chi connectivity index (χ1) is 14.1. The lowest BCUT2D eigenvalue weighted by molar-refractivity contribution is 0.251. The van der Waals surface area contributed by atoms with Crippen molar-refractivity contribution in [2.75, 3.05) is 5.32 Å². The average Bonchev–Trinajstić information content (AvgIpc) is 3.13. The lowest BCUT2D eigenvalue weighted by Gasteiger charge is -2.05. The molecule has 0 aliphatic rings. The van der Waals surface area contributed by atoms with Crippen molar-refractivity contribution < 1.29 is 4.79 Å². The number of carbonyl (C=O) groups is 1. The van der Waals surface area contributed by atoms with Gasteiger partial charge in [0.1, 0.15) is 0 Å². The van der Waals surface area contributed by atoms with E-state index in [1.807, 2.05) is 48.5 Å². The smallest absolute Gasteiger partial charge is 0.321 e. The van der Waals surface area contributed by atoms with E-state index in [4.69, 9.17) is 11.6 Å². The number of nitrogens with one attached hydrogen (secondary N) is 2. The van der Waals surface area contributed by atoms with E-state index < -0.39 is 0 Å². The van der Waals surface area contributed by atoms with Gasteiger partial charge in [0.25, 0.3) is 0 Å². The fourth-order valence-corrected chi connectivity index (χ4v) is 4.92. The Morgan fingerprint density at radius 2 is 2.07 bits per heavy atom. The van der Waals surface area contributed by atoms with Crippen LogP contribution in [0.3, 0.4) is 0 Å². The first kappa shape index (κ1) is 20.0. The van der Waals surface area contributed by atoms with Crippen molar-refractivity contribution in [2.24, 2.45) is 0 Å². The normalized spacial score (nSPS) is 10.8. The van der Waals surface area contributed by atoms with Gasteiger partial charge < -0.3 is 5.32 Å². The summed E-state index contributed by atoms with van der Waals surface area (Å²) in [6, 6.07) is 15.1. The first-order valence-electron chi connectivity index (χ1n) is 8.52. The predicted octanol–water partition coefficient (Wildman–Crippen LogP) is 4.71. The monoisotopic (exact) mass is 459 g/mol. The topological polar surface area (TPSA) is 79.8 Å². The maximum atomic E-state index is 12.1. The molecular weight excluding hydrogens is 445 g/mol. The fraction of sp³-hybridized carbons (Fsp3) is 0.0526. The second-order valence-corrected chi connectivity index (χ2v) is 9.37. The van der Waals surface area contributed by atoms with Gasteiger partial charge in [-0.1, -0.05) is 65.0 Å². The molecule has 0 aliphatic heterocycles. The number of pyridine rings is 1. The molecule has 0 spiro atoms. The van der Waals surface area contributed by atoms with Gasteiger partial charge in [0.2, 0.25) is 5.13 Å². The zero-order valence-electron chi connectivity index (χ0n) is 14.9. The molecule has 2 aromatic carbocycles. The van der Waals surface area contributed by atoms with Crippen LogP contribution in [-0.2, 0) is 6.54 Å². The van der Waals surface area contributed by atoms with Crippen LogP contribution >= 0.6 is 43.9 Å². The standard InChI is InChI=1S/C19H15ClN5OPS2/c20-12-4-5-14-15(9-12)21-7-6-16(14)28-19-25-24-18(29-19)23-17(26)22-10-11-2-1-3-13(27)8-11/h1-9H,10,27H2,(H2,22,23,24,26). The van der Waals surface area contributed by atoms with Gasteiger partial charge in [-0.3, -0.25) is 10.3 Å². The van der Waals surface area contributed by atoms with Crippen molar-refractivity contribution in [3.05, 3.63) is 65.3 Å². The molecule has 2 amide bonds. The highest BCUT2D eigenvalue weighted by Crippen LogP contribution is 2.36. The number of benzene rings is 2. The van der Waals surface area contributed by atoms with Crippen molar-refractivity contribution in [3.8, 4) is 0 Å². The number of carbonyl (C=O) groups excluding carboxylic acids is 1. The van der Waals surface area contributed by atoms with Gasteiger partial charge in [-0.2, -0.15) is 0 Å². The number of aromatic nitrogens is 3. The van der Waals surface area contributed by atoms with Crippen LogP contribution in [0.15, 0.2) is 64.0 Å². The van der Waals surface area contributed by atoms with Gasteiger partial charge in [-0.15, -0.1) is 19.4 Å². The van der Waals surface area contributed by atoms with E-state index in [0.29, 0.717) is 16.7 Å². The molecule has 2 aromatic heterocycles. The molecule has 0 saturated carbocycles. The summed E-state index contributed by atoms with van der Waals surface area (Å²) < 4.78 is 0.721. The summed E-state index contributed by atoms with van der Waals surface area (Å²) in [6.07, 6.45) is 1.73. The lowest BCUT2D eigenvalue weighted by Crippen LogP contribution is -2.28. The Bertz CT molecular complexity index is 1190. The minimum absolute atomic E-state index is 0.323. The number of amides is 2. The summed E-state index contributed by atoms with van der Waals surface area (Å²) >= 11 is 8.82. The van der Waals surface area contributed by atoms with Crippen LogP contribution in [0.5, 0.6) is 0 Å². The Morgan fingerprint density at radius 3 is 2.93 bits per heavy atom. The van der Waals surface area contributed by atoms with Crippen LogP contribution < -0.4 is 15.9 Å². The third kappa shape index (κ3) is 5.22. The van der Waals surface area contributed by atoms with Crippen molar-refractivity contribution in [3.63, 3.8) is 0 Å². The molecule has 2 N–H and O–H groups in total. The second-order valence-electron chi connectivity index (χ2n) is 6.00. The third-order valence-electron chi connectivity index (χ3n) is 3.89. The summed E-state index contributed by atoms with van der Waals surface area (Å²) in [4.78, 5) is 17.5. The van der Waals surface area contributed by atoms with Crippen molar-refractivity contribution in [1.29, 1.82) is 0 Å². The Kier molecular flexibility index (Phi) is 6.25. The van der Waals surface area contributed by atoms with Crippen molar-refractivity contribution in [1.82, 2.24) is 20.5 Å². The zero-order chi connectivity index (χ0) is 20.2. The van der Waals surface area contributed by atoms with Crippen LogP contribution in [0.2, 0.25) is 5.02 Å². The van der Waals surface area contributed by atoms with E-state index in [-0.39, 0.29) is 6.03 Å². The van der Waals surface area contributed by atoms with Gasteiger partial charge >= 0.3 is 6.03 Å². The molecule has 0 bridgehead atoms. The molecule has 0 saturated heterocycles. The van der Waals surface area contributed by atoms with Crippen LogP contribution in [-0.4, -0.2) is 21.2 Å². The summed E-state index contributed by atoms with van der Waals surface area (Å²) in [5.41, 5.74) is 1.84. The summed E-state index contributed by atoms with van der Waals surface area (Å²) in [7, 11) is 2.64. The van der Waals surface area contributed by atoms with Gasteiger partial charge in [0, 0.05) is 28.0 Å². The molecule has 1 unspecified atom stereocenters. The first-order valence-corrected chi connectivity index (χ1v) is 11.1. The minimum Gasteiger partial charge on any atom is -0.334 e. The predicted molar refractivity (Wildman–Crippen MR) is 122 cm³/mol. The van der Waals surface area contributed by atoms with E-state index in [1.54, 1.807) is 6.20 Å².